The summed E-state index contributed by atoms with van der Waals surface area (Å²) in [6.07, 6.45) is 4.38. The predicted molar refractivity (Wildman–Crippen MR) is 211 cm³/mol. The summed E-state index contributed by atoms with van der Waals surface area (Å²) in [4.78, 5) is 4.71. The van der Waals surface area contributed by atoms with Crippen LogP contribution in [0.3, 0.4) is 0 Å². The lowest BCUT2D eigenvalue weighted by atomic mass is 10.0. The van der Waals surface area contributed by atoms with Crippen LogP contribution in [-0.4, -0.2) is 0 Å². The molecule has 0 heterocycles. The molecule has 49 heavy (non-hydrogen) atoms. The number of hydrogen-bond acceptors (Lipinski definition) is 2. The van der Waals surface area contributed by atoms with Crippen LogP contribution < -0.4 is 9.80 Å². The van der Waals surface area contributed by atoms with Crippen molar-refractivity contribution in [2.45, 2.75) is 6.92 Å². The standard InChI is InChI=1S/C47H36N2/c1-35-13-5-10-22-45(35)48(40-18-3-2-4-19-40)41-31-27-36(28-32-41)25-26-37-29-33-42(34-30-37)49(46-23-11-16-38-14-6-8-20-43(38)46)47-24-12-17-39-15-7-9-21-44(39)47/h2-34H,1H3/b26-25+. The lowest BCUT2D eigenvalue weighted by molar-refractivity contribution is 1.25. The van der Waals surface area contributed by atoms with Gasteiger partial charge in [0, 0.05) is 33.5 Å². The number of aryl methyl sites for hydroxylation is 1. The van der Waals surface area contributed by atoms with E-state index in [0.717, 1.165) is 39.6 Å². The van der Waals surface area contributed by atoms with Crippen molar-refractivity contribution in [3.8, 4) is 0 Å². The second-order valence-corrected chi connectivity index (χ2v) is 12.3. The molecule has 0 saturated heterocycles. The summed E-state index contributed by atoms with van der Waals surface area (Å²) in [6.45, 7) is 2.16. The average Bonchev–Trinajstić information content (AvgIpc) is 3.17. The summed E-state index contributed by atoms with van der Waals surface area (Å²) in [7, 11) is 0. The third kappa shape index (κ3) is 6.08. The lowest BCUT2D eigenvalue weighted by Gasteiger charge is -2.28. The number of fused-ring (bicyclic) bond motifs is 2. The van der Waals surface area contributed by atoms with Gasteiger partial charge in [-0.25, -0.2) is 0 Å². The van der Waals surface area contributed by atoms with Gasteiger partial charge in [-0.05, 0) is 89.0 Å². The van der Waals surface area contributed by atoms with Gasteiger partial charge in [-0.3, -0.25) is 0 Å². The van der Waals surface area contributed by atoms with E-state index >= 15 is 0 Å². The van der Waals surface area contributed by atoms with E-state index in [9.17, 15) is 0 Å². The molecule has 0 bridgehead atoms. The van der Waals surface area contributed by atoms with E-state index in [4.69, 9.17) is 0 Å². The molecule has 0 amide bonds. The summed E-state index contributed by atoms with van der Waals surface area (Å²) in [6, 6.07) is 67.1. The monoisotopic (exact) mass is 628 g/mol. The number of para-hydroxylation sites is 2. The SMILES string of the molecule is Cc1ccccc1N(c1ccccc1)c1ccc(/C=C/c2ccc(N(c3cccc4ccccc34)c3cccc4ccccc34)cc2)cc1. The fourth-order valence-corrected chi connectivity index (χ4v) is 6.69. The van der Waals surface area contributed by atoms with E-state index in [0.29, 0.717) is 0 Å². The van der Waals surface area contributed by atoms with Gasteiger partial charge in [0.1, 0.15) is 0 Å². The zero-order valence-corrected chi connectivity index (χ0v) is 27.4. The first-order valence-corrected chi connectivity index (χ1v) is 16.8. The second-order valence-electron chi connectivity index (χ2n) is 12.3. The summed E-state index contributed by atoms with van der Waals surface area (Å²) < 4.78 is 0. The molecule has 0 fully saturated rings. The van der Waals surface area contributed by atoms with Gasteiger partial charge in [0.05, 0.1) is 11.4 Å². The maximum atomic E-state index is 2.39. The molecule has 0 aliphatic carbocycles. The van der Waals surface area contributed by atoms with Crippen LogP contribution in [0.5, 0.6) is 0 Å². The molecule has 8 aromatic carbocycles. The first kappa shape index (κ1) is 30.0. The molecular weight excluding hydrogens is 593 g/mol. The van der Waals surface area contributed by atoms with E-state index in [1.165, 1.54) is 32.8 Å². The molecule has 8 aromatic rings. The molecule has 0 spiro atoms. The van der Waals surface area contributed by atoms with Gasteiger partial charge in [-0.15, -0.1) is 0 Å². The Bertz CT molecular complexity index is 2300. The quantitative estimate of drug-likeness (QED) is 0.155. The van der Waals surface area contributed by atoms with Crippen molar-refractivity contribution < 1.29 is 0 Å². The maximum Gasteiger partial charge on any atom is 0.0540 e. The van der Waals surface area contributed by atoms with Gasteiger partial charge in [0.15, 0.2) is 0 Å². The minimum absolute atomic E-state index is 1.12. The van der Waals surface area contributed by atoms with Crippen molar-refractivity contribution in [3.63, 3.8) is 0 Å². The number of rotatable bonds is 8. The van der Waals surface area contributed by atoms with Crippen molar-refractivity contribution in [2.24, 2.45) is 0 Å². The summed E-state index contributed by atoms with van der Waals surface area (Å²) in [5, 5.41) is 4.89. The van der Waals surface area contributed by atoms with Crippen LogP contribution in [0.25, 0.3) is 33.7 Å². The van der Waals surface area contributed by atoms with Gasteiger partial charge >= 0.3 is 0 Å². The smallest absolute Gasteiger partial charge is 0.0540 e. The van der Waals surface area contributed by atoms with E-state index in [1.807, 2.05) is 0 Å². The molecule has 0 unspecified atom stereocenters. The van der Waals surface area contributed by atoms with Gasteiger partial charge < -0.3 is 9.80 Å². The molecule has 0 radical (unpaired) electrons. The van der Waals surface area contributed by atoms with Crippen molar-refractivity contribution in [1.29, 1.82) is 0 Å². The molecule has 0 atom stereocenters. The number of nitrogens with zero attached hydrogens (tertiary/aromatic N) is 2. The third-order valence-electron chi connectivity index (χ3n) is 9.16. The van der Waals surface area contributed by atoms with E-state index < -0.39 is 0 Å². The highest BCUT2D eigenvalue weighted by Gasteiger charge is 2.17. The van der Waals surface area contributed by atoms with Crippen LogP contribution in [0.2, 0.25) is 0 Å². The van der Waals surface area contributed by atoms with Crippen LogP contribution in [0.1, 0.15) is 16.7 Å². The van der Waals surface area contributed by atoms with Gasteiger partial charge in [-0.2, -0.15) is 0 Å². The normalized spacial score (nSPS) is 11.3. The van der Waals surface area contributed by atoms with Crippen molar-refractivity contribution in [2.75, 3.05) is 9.80 Å². The predicted octanol–water partition coefficient (Wildman–Crippen LogP) is 13.4. The molecule has 0 saturated carbocycles. The first-order valence-electron chi connectivity index (χ1n) is 16.8. The van der Waals surface area contributed by atoms with Crippen LogP contribution >= 0.6 is 0 Å². The third-order valence-corrected chi connectivity index (χ3v) is 9.16. The number of anilines is 6. The molecule has 0 N–H and O–H groups in total. The molecular formula is C47H36N2. The van der Waals surface area contributed by atoms with E-state index in [1.54, 1.807) is 0 Å². The van der Waals surface area contributed by atoms with Crippen molar-refractivity contribution in [3.05, 3.63) is 205 Å². The Morgan fingerprint density at radius 1 is 0.327 bits per heavy atom. The molecule has 0 aliphatic heterocycles. The molecule has 2 heteroatoms. The Balaban J connectivity index is 1.11. The maximum absolute atomic E-state index is 2.39. The van der Waals surface area contributed by atoms with Crippen molar-refractivity contribution >= 4 is 67.8 Å². The second kappa shape index (κ2) is 13.4. The van der Waals surface area contributed by atoms with E-state index in [2.05, 4.69) is 217 Å². The Hall–Kier alpha value is -6.38. The average molecular weight is 629 g/mol. The van der Waals surface area contributed by atoms with Crippen LogP contribution in [0, 0.1) is 6.92 Å². The fourth-order valence-electron chi connectivity index (χ4n) is 6.69. The van der Waals surface area contributed by atoms with Crippen LogP contribution in [0.4, 0.5) is 34.1 Å². The fraction of sp³-hybridized carbons (Fsp3) is 0.0213. The Kier molecular flexibility index (Phi) is 8.19. The van der Waals surface area contributed by atoms with Gasteiger partial charge in [0.25, 0.3) is 0 Å². The van der Waals surface area contributed by atoms with Crippen LogP contribution in [0.15, 0.2) is 188 Å². The van der Waals surface area contributed by atoms with E-state index in [-0.39, 0.29) is 0 Å². The highest BCUT2D eigenvalue weighted by Crippen LogP contribution is 2.42. The van der Waals surface area contributed by atoms with Gasteiger partial charge in [-0.1, -0.05) is 146 Å². The Morgan fingerprint density at radius 3 is 1.29 bits per heavy atom. The molecule has 234 valence electrons. The summed E-state index contributed by atoms with van der Waals surface area (Å²) >= 11 is 0. The first-order chi connectivity index (χ1) is 24.2. The minimum Gasteiger partial charge on any atom is -0.310 e. The number of benzene rings is 8. The summed E-state index contributed by atoms with van der Waals surface area (Å²) in [5.74, 6) is 0. The molecule has 0 aromatic heterocycles. The Morgan fingerprint density at radius 2 is 0.735 bits per heavy atom. The Labute approximate surface area is 288 Å². The topological polar surface area (TPSA) is 6.48 Å². The number of hydrogen-bond donors (Lipinski definition) is 0. The summed E-state index contributed by atoms with van der Waals surface area (Å²) in [5.41, 5.74) is 10.4. The molecule has 8 rings (SSSR count). The highest BCUT2D eigenvalue weighted by molar-refractivity contribution is 6.04. The van der Waals surface area contributed by atoms with Gasteiger partial charge in [0.2, 0.25) is 0 Å². The zero-order chi connectivity index (χ0) is 33.0. The minimum atomic E-state index is 1.12. The highest BCUT2D eigenvalue weighted by atomic mass is 15.1. The molecule has 0 aliphatic rings. The molecule has 2 nitrogen and oxygen atoms in total. The van der Waals surface area contributed by atoms with Crippen molar-refractivity contribution in [1.82, 2.24) is 0 Å². The zero-order valence-electron chi connectivity index (χ0n) is 27.4. The lowest BCUT2D eigenvalue weighted by Crippen LogP contribution is -2.11. The van der Waals surface area contributed by atoms with Crippen LogP contribution in [-0.2, 0) is 0 Å². The largest absolute Gasteiger partial charge is 0.310 e.